The number of sulfonamides is 1. The van der Waals surface area contributed by atoms with Gasteiger partial charge in [-0.1, -0.05) is 23.7 Å². The van der Waals surface area contributed by atoms with E-state index in [1.807, 2.05) is 0 Å². The minimum absolute atomic E-state index is 0.128. The third-order valence-electron chi connectivity index (χ3n) is 2.92. The lowest BCUT2D eigenvalue weighted by Gasteiger charge is -2.27. The van der Waals surface area contributed by atoms with Crippen LogP contribution in [-0.2, 0) is 10.0 Å². The molecule has 0 amide bonds. The maximum absolute atomic E-state index is 13.2. The van der Waals surface area contributed by atoms with Crippen molar-refractivity contribution in [2.45, 2.75) is 30.7 Å². The zero-order chi connectivity index (χ0) is 15.6. The first-order valence-corrected chi connectivity index (χ1v) is 7.49. The van der Waals surface area contributed by atoms with Gasteiger partial charge in [-0.05, 0) is 31.5 Å². The van der Waals surface area contributed by atoms with Gasteiger partial charge in [-0.2, -0.15) is 4.72 Å². The molecule has 0 aliphatic heterocycles. The zero-order valence-corrected chi connectivity index (χ0v) is 12.5. The second-order valence-corrected chi connectivity index (χ2v) is 6.41. The molecule has 112 valence electrons. The molecule has 1 atom stereocenters. The number of rotatable bonds is 5. The molecule has 0 radical (unpaired) electrons. The monoisotopic (exact) mass is 323 g/mol. The Balaban J connectivity index is 3.28. The number of hydrogen-bond acceptors (Lipinski definition) is 4. The fourth-order valence-electron chi connectivity index (χ4n) is 1.45. The van der Waals surface area contributed by atoms with Crippen molar-refractivity contribution >= 4 is 27.5 Å². The molecule has 1 rings (SSSR count). The highest BCUT2D eigenvalue weighted by molar-refractivity contribution is 7.89. The Kier molecular flexibility index (Phi) is 4.95. The Morgan fingerprint density at radius 3 is 2.70 bits per heavy atom. The van der Waals surface area contributed by atoms with Crippen LogP contribution in [0.25, 0.3) is 0 Å². The molecule has 0 fully saturated rings. The van der Waals surface area contributed by atoms with Gasteiger partial charge in [0.1, 0.15) is 10.7 Å². The highest BCUT2D eigenvalue weighted by Crippen LogP contribution is 2.24. The third kappa shape index (κ3) is 3.38. The van der Waals surface area contributed by atoms with Crippen molar-refractivity contribution in [2.24, 2.45) is 10.9 Å². The van der Waals surface area contributed by atoms with E-state index in [2.05, 4.69) is 9.88 Å². The minimum Gasteiger partial charge on any atom is -0.409 e. The smallest absolute Gasteiger partial charge is 0.243 e. The number of nitrogens with zero attached hydrogens (tertiary/aromatic N) is 1. The third-order valence-corrected chi connectivity index (χ3v) is 5.00. The number of hydrogen-bond donors (Lipinski definition) is 3. The number of amidine groups is 1. The predicted octanol–water partition coefficient (Wildman–Crippen LogP) is 1.67. The van der Waals surface area contributed by atoms with Crippen LogP contribution >= 0.6 is 11.6 Å². The van der Waals surface area contributed by atoms with Crippen LogP contribution in [0.3, 0.4) is 0 Å². The van der Waals surface area contributed by atoms with Crippen LogP contribution in [0.15, 0.2) is 28.3 Å². The standard InChI is InChI=1S/C11H15ClFN3O3S/c1-3-11(2,10(14)15-17)16-20(18,19)9-6-7(13)4-5-8(9)12/h4-6,16-17H,3H2,1-2H3,(H2,14,15). The molecule has 0 spiro atoms. The average Bonchev–Trinajstić information content (AvgIpc) is 2.39. The molecule has 0 saturated carbocycles. The maximum atomic E-state index is 13.2. The first kappa shape index (κ1) is 16.7. The molecule has 1 aromatic carbocycles. The lowest BCUT2D eigenvalue weighted by Crippen LogP contribution is -2.54. The summed E-state index contributed by atoms with van der Waals surface area (Å²) in [7, 11) is -4.13. The van der Waals surface area contributed by atoms with E-state index in [1.54, 1.807) is 6.92 Å². The molecule has 6 nitrogen and oxygen atoms in total. The Bertz CT molecular complexity index is 636. The summed E-state index contributed by atoms with van der Waals surface area (Å²) in [5.41, 5.74) is 4.16. The normalized spacial score (nSPS) is 15.9. The van der Waals surface area contributed by atoms with Crippen LogP contribution in [0.2, 0.25) is 5.02 Å². The number of nitrogens with two attached hydrogens (primary N) is 1. The van der Waals surface area contributed by atoms with Gasteiger partial charge in [-0.15, -0.1) is 0 Å². The van der Waals surface area contributed by atoms with Gasteiger partial charge in [0.15, 0.2) is 5.84 Å². The molecule has 1 unspecified atom stereocenters. The van der Waals surface area contributed by atoms with Gasteiger partial charge in [0.2, 0.25) is 10.0 Å². The van der Waals surface area contributed by atoms with Crippen LogP contribution in [-0.4, -0.2) is 25.0 Å². The van der Waals surface area contributed by atoms with Crippen molar-refractivity contribution in [3.63, 3.8) is 0 Å². The number of halogens is 2. The zero-order valence-electron chi connectivity index (χ0n) is 10.9. The van der Waals surface area contributed by atoms with E-state index >= 15 is 0 Å². The average molecular weight is 324 g/mol. The Hall–Kier alpha value is -1.38. The van der Waals surface area contributed by atoms with Crippen molar-refractivity contribution < 1.29 is 18.0 Å². The molecule has 0 saturated heterocycles. The van der Waals surface area contributed by atoms with Gasteiger partial charge < -0.3 is 10.9 Å². The lowest BCUT2D eigenvalue weighted by molar-refractivity contribution is 0.310. The maximum Gasteiger partial charge on any atom is 0.243 e. The van der Waals surface area contributed by atoms with Crippen molar-refractivity contribution in [2.75, 3.05) is 0 Å². The van der Waals surface area contributed by atoms with Crippen LogP contribution in [0.1, 0.15) is 20.3 Å². The number of benzene rings is 1. The van der Waals surface area contributed by atoms with E-state index in [0.717, 1.165) is 18.2 Å². The summed E-state index contributed by atoms with van der Waals surface area (Å²) in [6, 6.07) is 2.98. The van der Waals surface area contributed by atoms with Gasteiger partial charge in [-0.25, -0.2) is 12.8 Å². The van der Waals surface area contributed by atoms with Gasteiger partial charge in [-0.3, -0.25) is 0 Å². The molecule has 9 heteroatoms. The van der Waals surface area contributed by atoms with E-state index in [1.165, 1.54) is 6.92 Å². The van der Waals surface area contributed by atoms with Crippen LogP contribution in [0.4, 0.5) is 4.39 Å². The van der Waals surface area contributed by atoms with Crippen molar-refractivity contribution in [1.82, 2.24) is 4.72 Å². The van der Waals surface area contributed by atoms with Gasteiger partial charge in [0.05, 0.1) is 10.6 Å². The summed E-state index contributed by atoms with van der Waals surface area (Å²) < 4.78 is 39.9. The molecular weight excluding hydrogens is 309 g/mol. The Morgan fingerprint density at radius 2 is 2.20 bits per heavy atom. The number of nitrogens with one attached hydrogen (secondary N) is 1. The fraction of sp³-hybridized carbons (Fsp3) is 0.364. The predicted molar refractivity (Wildman–Crippen MR) is 73.8 cm³/mol. The summed E-state index contributed by atoms with van der Waals surface area (Å²) in [4.78, 5) is -0.412. The molecular formula is C11H15ClFN3O3S. The molecule has 20 heavy (non-hydrogen) atoms. The van der Waals surface area contributed by atoms with Crippen LogP contribution in [0, 0.1) is 5.82 Å². The SMILES string of the molecule is CCC(C)(NS(=O)(=O)c1cc(F)ccc1Cl)/C(N)=N/O. The topological polar surface area (TPSA) is 105 Å². The first-order chi connectivity index (χ1) is 9.16. The second-order valence-electron chi connectivity index (χ2n) is 4.35. The second kappa shape index (κ2) is 5.94. The first-order valence-electron chi connectivity index (χ1n) is 5.63. The molecule has 0 aliphatic carbocycles. The summed E-state index contributed by atoms with van der Waals surface area (Å²) in [5.74, 6) is -1.05. The molecule has 4 N–H and O–H groups in total. The van der Waals surface area contributed by atoms with Gasteiger partial charge in [0.25, 0.3) is 0 Å². The summed E-state index contributed by atoms with van der Waals surface area (Å²) in [6.45, 7) is 3.08. The number of oxime groups is 1. The van der Waals surface area contributed by atoms with E-state index in [-0.39, 0.29) is 17.3 Å². The fourth-order valence-corrected chi connectivity index (χ4v) is 3.42. The van der Waals surface area contributed by atoms with E-state index in [4.69, 9.17) is 22.5 Å². The van der Waals surface area contributed by atoms with Crippen molar-refractivity contribution in [3.05, 3.63) is 29.0 Å². The van der Waals surface area contributed by atoms with E-state index < -0.39 is 26.3 Å². The molecule has 0 aromatic heterocycles. The highest BCUT2D eigenvalue weighted by Gasteiger charge is 2.34. The molecule has 1 aromatic rings. The molecule has 0 bridgehead atoms. The molecule has 0 aliphatic rings. The van der Waals surface area contributed by atoms with Crippen molar-refractivity contribution in [3.8, 4) is 0 Å². The van der Waals surface area contributed by atoms with Crippen molar-refractivity contribution in [1.29, 1.82) is 0 Å². The highest BCUT2D eigenvalue weighted by atomic mass is 35.5. The quantitative estimate of drug-likeness (QED) is 0.332. The largest absolute Gasteiger partial charge is 0.409 e. The summed E-state index contributed by atoms with van der Waals surface area (Å²) >= 11 is 5.77. The van der Waals surface area contributed by atoms with Gasteiger partial charge >= 0.3 is 0 Å². The Morgan fingerprint density at radius 1 is 1.60 bits per heavy atom. The van der Waals surface area contributed by atoms with Gasteiger partial charge in [0, 0.05) is 0 Å². The summed E-state index contributed by atoms with van der Waals surface area (Å²) in [5, 5.41) is 11.4. The minimum atomic E-state index is -4.13. The Labute approximate surface area is 121 Å². The van der Waals surface area contributed by atoms with E-state index in [9.17, 15) is 12.8 Å². The summed E-state index contributed by atoms with van der Waals surface area (Å²) in [6.07, 6.45) is 0.217. The lowest BCUT2D eigenvalue weighted by atomic mass is 10.00. The van der Waals surface area contributed by atoms with Crippen LogP contribution < -0.4 is 10.5 Å². The molecule has 0 heterocycles. The van der Waals surface area contributed by atoms with Crippen LogP contribution in [0.5, 0.6) is 0 Å². The van der Waals surface area contributed by atoms with E-state index in [0.29, 0.717) is 0 Å².